The maximum Gasteiger partial charge on any atom is 0.256 e. The number of halogens is 1. The lowest BCUT2D eigenvalue weighted by molar-refractivity contribution is 0.102. The average molecular weight is 406 g/mol. The summed E-state index contributed by atoms with van der Waals surface area (Å²) in [5.41, 5.74) is 5.32. The highest BCUT2D eigenvalue weighted by atomic mass is 79.9. The summed E-state index contributed by atoms with van der Waals surface area (Å²) in [6, 6.07) is 21.1. The van der Waals surface area contributed by atoms with E-state index in [0.29, 0.717) is 5.56 Å². The summed E-state index contributed by atoms with van der Waals surface area (Å²) in [7, 11) is 0. The van der Waals surface area contributed by atoms with Crippen molar-refractivity contribution in [2.45, 2.75) is 6.92 Å². The molecule has 4 rings (SSSR count). The molecule has 5 heteroatoms. The maximum absolute atomic E-state index is 12.4. The van der Waals surface area contributed by atoms with E-state index in [-0.39, 0.29) is 5.91 Å². The van der Waals surface area contributed by atoms with Crippen molar-refractivity contribution in [2.24, 2.45) is 0 Å². The van der Waals surface area contributed by atoms with Gasteiger partial charge in [-0.1, -0.05) is 30.3 Å². The first-order valence-electron chi connectivity index (χ1n) is 8.23. The summed E-state index contributed by atoms with van der Waals surface area (Å²) in [6.45, 7) is 2.05. The van der Waals surface area contributed by atoms with Crippen molar-refractivity contribution in [1.82, 2.24) is 9.38 Å². The molecule has 0 atom stereocenters. The van der Waals surface area contributed by atoms with E-state index >= 15 is 0 Å². The van der Waals surface area contributed by atoms with Crippen molar-refractivity contribution in [3.8, 4) is 11.3 Å². The number of anilines is 1. The number of carbonyl (C=O) groups is 1. The molecule has 0 saturated heterocycles. The minimum absolute atomic E-state index is 0.145. The molecule has 0 spiro atoms. The van der Waals surface area contributed by atoms with Gasteiger partial charge in [0.1, 0.15) is 5.65 Å². The number of rotatable bonds is 3. The minimum atomic E-state index is -0.145. The van der Waals surface area contributed by atoms with Crippen LogP contribution in [-0.4, -0.2) is 15.3 Å². The second-order valence-electron chi connectivity index (χ2n) is 6.03. The number of aromatic nitrogens is 2. The number of carbonyl (C=O) groups excluding carboxylic acids is 1. The predicted octanol–water partition coefficient (Wildman–Crippen LogP) is 5.32. The number of nitrogens with one attached hydrogen (secondary N) is 1. The average Bonchev–Trinajstić information content (AvgIpc) is 3.08. The molecule has 2 aromatic carbocycles. The van der Waals surface area contributed by atoms with E-state index in [9.17, 15) is 4.79 Å². The van der Waals surface area contributed by atoms with Gasteiger partial charge in [0.2, 0.25) is 0 Å². The zero-order valence-electron chi connectivity index (χ0n) is 14.1. The Morgan fingerprint density at radius 1 is 1.00 bits per heavy atom. The normalized spacial score (nSPS) is 10.8. The number of amides is 1. The predicted molar refractivity (Wildman–Crippen MR) is 107 cm³/mol. The molecule has 0 aliphatic heterocycles. The van der Waals surface area contributed by atoms with Crippen LogP contribution in [0.25, 0.3) is 16.9 Å². The zero-order valence-corrected chi connectivity index (χ0v) is 15.7. The van der Waals surface area contributed by atoms with Crippen molar-refractivity contribution in [2.75, 3.05) is 5.32 Å². The molecule has 0 aliphatic rings. The highest BCUT2D eigenvalue weighted by Gasteiger charge is 2.10. The molecule has 0 bridgehead atoms. The smallest absolute Gasteiger partial charge is 0.256 e. The maximum atomic E-state index is 12.4. The molecule has 128 valence electrons. The molecule has 4 nitrogen and oxygen atoms in total. The Morgan fingerprint density at radius 3 is 2.50 bits per heavy atom. The summed E-state index contributed by atoms with van der Waals surface area (Å²) in [5, 5.41) is 2.92. The number of imidazole rings is 1. The minimum Gasteiger partial charge on any atom is -0.322 e. The van der Waals surface area contributed by atoms with Crippen molar-refractivity contribution >= 4 is 33.2 Å². The zero-order chi connectivity index (χ0) is 18.1. The first-order valence-corrected chi connectivity index (χ1v) is 9.02. The van der Waals surface area contributed by atoms with Gasteiger partial charge in [-0.3, -0.25) is 4.79 Å². The van der Waals surface area contributed by atoms with Crippen LogP contribution in [0.15, 0.2) is 77.4 Å². The van der Waals surface area contributed by atoms with Crippen LogP contribution in [0.4, 0.5) is 5.69 Å². The van der Waals surface area contributed by atoms with Crippen LogP contribution in [-0.2, 0) is 0 Å². The van der Waals surface area contributed by atoms with E-state index in [4.69, 9.17) is 0 Å². The lowest BCUT2D eigenvalue weighted by atomic mass is 10.1. The third kappa shape index (κ3) is 3.13. The van der Waals surface area contributed by atoms with Gasteiger partial charge in [0.15, 0.2) is 0 Å². The monoisotopic (exact) mass is 405 g/mol. The summed E-state index contributed by atoms with van der Waals surface area (Å²) in [6.07, 6.45) is 2.03. The molecular weight excluding hydrogens is 390 g/mol. The fourth-order valence-electron chi connectivity index (χ4n) is 2.86. The first kappa shape index (κ1) is 16.5. The number of pyridine rings is 1. The Labute approximate surface area is 159 Å². The van der Waals surface area contributed by atoms with E-state index in [0.717, 1.165) is 32.8 Å². The van der Waals surface area contributed by atoms with E-state index in [1.54, 1.807) is 6.07 Å². The third-order valence-corrected chi connectivity index (χ3v) is 4.94. The number of hydrogen-bond donors (Lipinski definition) is 1. The molecule has 1 N–H and O–H groups in total. The SMILES string of the molecule is Cc1cccc2nc(-c3ccc(NC(=O)c4ccccc4Br)cc3)cn12. The molecule has 0 saturated carbocycles. The number of benzene rings is 2. The Kier molecular flexibility index (Phi) is 4.31. The first-order chi connectivity index (χ1) is 12.6. The van der Waals surface area contributed by atoms with Gasteiger partial charge in [0.25, 0.3) is 5.91 Å². The van der Waals surface area contributed by atoms with Crippen molar-refractivity contribution < 1.29 is 4.79 Å². The van der Waals surface area contributed by atoms with Gasteiger partial charge in [0.05, 0.1) is 11.3 Å². The van der Waals surface area contributed by atoms with Crippen LogP contribution in [0.3, 0.4) is 0 Å². The van der Waals surface area contributed by atoms with Crippen LogP contribution in [0.1, 0.15) is 16.1 Å². The van der Waals surface area contributed by atoms with Crippen LogP contribution >= 0.6 is 15.9 Å². The Morgan fingerprint density at radius 2 is 1.77 bits per heavy atom. The standard InChI is InChI=1S/C21H16BrN3O/c1-14-5-4-8-20-24-19(13-25(14)20)15-9-11-16(12-10-15)23-21(26)17-6-2-3-7-18(17)22/h2-13H,1H3,(H,23,26). The van der Waals surface area contributed by atoms with Crippen molar-refractivity contribution in [3.05, 3.63) is 88.7 Å². The molecule has 2 heterocycles. The highest BCUT2D eigenvalue weighted by Crippen LogP contribution is 2.23. The summed E-state index contributed by atoms with van der Waals surface area (Å²) in [4.78, 5) is 17.1. The molecule has 1 amide bonds. The van der Waals surface area contributed by atoms with Crippen LogP contribution in [0, 0.1) is 6.92 Å². The molecule has 0 radical (unpaired) electrons. The largest absolute Gasteiger partial charge is 0.322 e. The summed E-state index contributed by atoms with van der Waals surface area (Å²) < 4.78 is 2.84. The number of fused-ring (bicyclic) bond motifs is 1. The molecule has 26 heavy (non-hydrogen) atoms. The molecule has 4 aromatic rings. The van der Waals surface area contributed by atoms with E-state index in [2.05, 4.69) is 43.6 Å². The lowest BCUT2D eigenvalue weighted by Crippen LogP contribution is -2.12. The Balaban J connectivity index is 1.57. The Hall–Kier alpha value is -2.92. The summed E-state index contributed by atoms with van der Waals surface area (Å²) >= 11 is 3.40. The van der Waals surface area contributed by atoms with Gasteiger partial charge in [-0.2, -0.15) is 0 Å². The lowest BCUT2D eigenvalue weighted by Gasteiger charge is -2.07. The Bertz CT molecular complexity index is 1100. The van der Waals surface area contributed by atoms with Crippen LogP contribution in [0.2, 0.25) is 0 Å². The number of nitrogens with zero attached hydrogens (tertiary/aromatic N) is 2. The van der Waals surface area contributed by atoms with Gasteiger partial charge >= 0.3 is 0 Å². The number of hydrogen-bond acceptors (Lipinski definition) is 2. The van der Waals surface area contributed by atoms with E-state index in [1.807, 2.05) is 60.8 Å². The topological polar surface area (TPSA) is 46.4 Å². The number of aryl methyl sites for hydroxylation is 1. The highest BCUT2D eigenvalue weighted by molar-refractivity contribution is 9.10. The fourth-order valence-corrected chi connectivity index (χ4v) is 3.32. The van der Waals surface area contributed by atoms with E-state index < -0.39 is 0 Å². The molecule has 0 unspecified atom stereocenters. The molecule has 0 aliphatic carbocycles. The third-order valence-electron chi connectivity index (χ3n) is 4.25. The second-order valence-corrected chi connectivity index (χ2v) is 6.89. The van der Waals surface area contributed by atoms with Gasteiger partial charge in [0, 0.05) is 27.6 Å². The van der Waals surface area contributed by atoms with Crippen molar-refractivity contribution in [3.63, 3.8) is 0 Å². The molecule has 0 fully saturated rings. The van der Waals surface area contributed by atoms with Gasteiger partial charge in [-0.05, 0) is 59.3 Å². The summed E-state index contributed by atoms with van der Waals surface area (Å²) in [5.74, 6) is -0.145. The fraction of sp³-hybridized carbons (Fsp3) is 0.0476. The van der Waals surface area contributed by atoms with Crippen LogP contribution < -0.4 is 5.32 Å². The van der Waals surface area contributed by atoms with Gasteiger partial charge in [-0.15, -0.1) is 0 Å². The van der Waals surface area contributed by atoms with Gasteiger partial charge < -0.3 is 9.72 Å². The quantitative estimate of drug-likeness (QED) is 0.500. The molecule has 2 aromatic heterocycles. The van der Waals surface area contributed by atoms with Gasteiger partial charge in [-0.25, -0.2) is 4.98 Å². The molecular formula is C21H16BrN3O. The van der Waals surface area contributed by atoms with E-state index in [1.165, 1.54) is 0 Å². The second kappa shape index (κ2) is 6.77. The van der Waals surface area contributed by atoms with Crippen molar-refractivity contribution in [1.29, 1.82) is 0 Å². The van der Waals surface area contributed by atoms with Crippen LogP contribution in [0.5, 0.6) is 0 Å².